The number of nitrogens with zero attached hydrogens (tertiary/aromatic N) is 3. The molecular formula is C7H12N4O. The molecule has 2 heterocycles. The Kier molecular flexibility index (Phi) is 1.95. The van der Waals surface area contributed by atoms with Gasteiger partial charge in [0.1, 0.15) is 0 Å². The summed E-state index contributed by atoms with van der Waals surface area (Å²) in [4.78, 5) is 4.21. The molecule has 0 fully saturated rings. The zero-order valence-corrected chi connectivity index (χ0v) is 7.08. The first-order chi connectivity index (χ1) is 5.90. The maximum Gasteiger partial charge on any atom is 0.315 e. The first-order valence-electron chi connectivity index (χ1n) is 4.11. The van der Waals surface area contributed by atoms with Gasteiger partial charge in [-0.2, -0.15) is 10.1 Å². The van der Waals surface area contributed by atoms with Crippen LogP contribution < -0.4 is 10.1 Å². The summed E-state index contributed by atoms with van der Waals surface area (Å²) >= 11 is 0. The molecule has 66 valence electrons. The van der Waals surface area contributed by atoms with Gasteiger partial charge < -0.3 is 10.1 Å². The van der Waals surface area contributed by atoms with E-state index < -0.39 is 0 Å². The van der Waals surface area contributed by atoms with Crippen molar-refractivity contribution in [1.82, 2.24) is 20.1 Å². The Bertz CT molecular complexity index is 247. The monoisotopic (exact) mass is 168 g/mol. The van der Waals surface area contributed by atoms with Crippen LogP contribution in [0.4, 0.5) is 0 Å². The molecule has 12 heavy (non-hydrogen) atoms. The summed E-state index contributed by atoms with van der Waals surface area (Å²) in [5, 5.41) is 7.26. The minimum Gasteiger partial charge on any atom is -0.464 e. The lowest BCUT2D eigenvalue weighted by molar-refractivity contribution is 0.221. The molecule has 0 amide bonds. The summed E-state index contributed by atoms with van der Waals surface area (Å²) in [6, 6.07) is 0.659. The molecule has 1 aromatic heterocycles. The average Bonchev–Trinajstić information content (AvgIpc) is 2.47. The van der Waals surface area contributed by atoms with E-state index >= 15 is 0 Å². The van der Waals surface area contributed by atoms with Crippen LogP contribution in [0.2, 0.25) is 0 Å². The van der Waals surface area contributed by atoms with Gasteiger partial charge in [-0.15, -0.1) is 0 Å². The van der Waals surface area contributed by atoms with Crippen molar-refractivity contribution in [1.29, 1.82) is 0 Å². The molecule has 5 nitrogen and oxygen atoms in total. The summed E-state index contributed by atoms with van der Waals surface area (Å²) in [6.07, 6.45) is 1.02. The van der Waals surface area contributed by atoms with E-state index in [-0.39, 0.29) is 0 Å². The third kappa shape index (κ3) is 1.27. The second-order valence-corrected chi connectivity index (χ2v) is 2.77. The maximum atomic E-state index is 5.31. The summed E-state index contributed by atoms with van der Waals surface area (Å²) in [7, 11) is 1.88. The zero-order chi connectivity index (χ0) is 8.39. The summed E-state index contributed by atoms with van der Waals surface area (Å²) in [5.74, 6) is 0.800. The summed E-state index contributed by atoms with van der Waals surface area (Å²) in [5.41, 5.74) is 0. The van der Waals surface area contributed by atoms with Crippen LogP contribution in [0.25, 0.3) is 0 Å². The number of rotatable bonds is 2. The smallest absolute Gasteiger partial charge is 0.315 e. The molecule has 5 heteroatoms. The van der Waals surface area contributed by atoms with Gasteiger partial charge in [0.15, 0.2) is 5.82 Å². The quantitative estimate of drug-likeness (QED) is 0.663. The van der Waals surface area contributed by atoms with Gasteiger partial charge in [0.05, 0.1) is 13.2 Å². The lowest BCUT2D eigenvalue weighted by Gasteiger charge is -2.11. The fraction of sp³-hybridized carbons (Fsp3) is 0.714. The van der Waals surface area contributed by atoms with Crippen LogP contribution in [0.3, 0.4) is 0 Å². The van der Waals surface area contributed by atoms with E-state index in [1.807, 2.05) is 11.7 Å². The molecule has 0 spiro atoms. The molecule has 0 aromatic carbocycles. The van der Waals surface area contributed by atoms with E-state index in [2.05, 4.69) is 15.4 Å². The SMILES string of the molecule is CNCc1nc2n(n1)CCCO2. The molecule has 0 atom stereocenters. The van der Waals surface area contributed by atoms with Gasteiger partial charge >= 0.3 is 6.01 Å². The first-order valence-corrected chi connectivity index (χ1v) is 4.11. The first kappa shape index (κ1) is 7.54. The molecule has 0 radical (unpaired) electrons. The van der Waals surface area contributed by atoms with Crippen molar-refractivity contribution < 1.29 is 4.74 Å². The minimum atomic E-state index is 0.659. The van der Waals surface area contributed by atoms with Gasteiger partial charge in [0, 0.05) is 13.0 Å². The average molecular weight is 168 g/mol. The van der Waals surface area contributed by atoms with Gasteiger partial charge in [-0.1, -0.05) is 0 Å². The number of hydrogen-bond acceptors (Lipinski definition) is 4. The fourth-order valence-corrected chi connectivity index (χ4v) is 1.24. The van der Waals surface area contributed by atoms with E-state index in [1.165, 1.54) is 0 Å². The minimum absolute atomic E-state index is 0.659. The number of aryl methyl sites for hydroxylation is 1. The predicted octanol–water partition coefficient (Wildman–Crippen LogP) is -0.220. The van der Waals surface area contributed by atoms with Crippen LogP contribution in [-0.4, -0.2) is 28.4 Å². The zero-order valence-electron chi connectivity index (χ0n) is 7.08. The molecule has 1 aromatic rings. The number of fused-ring (bicyclic) bond motifs is 1. The molecule has 2 rings (SSSR count). The van der Waals surface area contributed by atoms with Gasteiger partial charge in [-0.25, -0.2) is 4.68 Å². The van der Waals surface area contributed by atoms with E-state index in [0.717, 1.165) is 25.4 Å². The molecule has 0 bridgehead atoms. The molecule has 0 saturated heterocycles. The van der Waals surface area contributed by atoms with Crippen molar-refractivity contribution >= 4 is 0 Å². The molecule has 1 aliphatic heterocycles. The summed E-state index contributed by atoms with van der Waals surface area (Å²) in [6.45, 7) is 2.38. The lowest BCUT2D eigenvalue weighted by Crippen LogP contribution is -2.15. The molecule has 1 aliphatic rings. The molecule has 1 N–H and O–H groups in total. The fourth-order valence-electron chi connectivity index (χ4n) is 1.24. The number of aromatic nitrogens is 3. The van der Waals surface area contributed by atoms with E-state index in [4.69, 9.17) is 4.74 Å². The standard InChI is InChI=1S/C7H12N4O/c1-8-5-6-9-7-11(10-6)3-2-4-12-7/h8H,2-5H2,1H3. The van der Waals surface area contributed by atoms with Gasteiger partial charge in [-0.3, -0.25) is 0 Å². The largest absolute Gasteiger partial charge is 0.464 e. The highest BCUT2D eigenvalue weighted by Crippen LogP contribution is 2.13. The maximum absolute atomic E-state index is 5.31. The van der Waals surface area contributed by atoms with E-state index in [0.29, 0.717) is 12.6 Å². The topological polar surface area (TPSA) is 52.0 Å². The Morgan fingerprint density at radius 3 is 3.33 bits per heavy atom. The molecule has 0 unspecified atom stereocenters. The highest BCUT2D eigenvalue weighted by molar-refractivity contribution is 4.99. The Balaban J connectivity index is 2.20. The lowest BCUT2D eigenvalue weighted by atomic mass is 10.4. The third-order valence-electron chi connectivity index (χ3n) is 1.76. The van der Waals surface area contributed by atoms with Crippen molar-refractivity contribution in [3.05, 3.63) is 5.82 Å². The van der Waals surface area contributed by atoms with Crippen molar-refractivity contribution in [2.45, 2.75) is 19.5 Å². The van der Waals surface area contributed by atoms with Crippen LogP contribution in [0.5, 0.6) is 6.01 Å². The van der Waals surface area contributed by atoms with E-state index in [9.17, 15) is 0 Å². The summed E-state index contributed by atoms with van der Waals surface area (Å²) < 4.78 is 7.13. The Hall–Kier alpha value is -1.10. The van der Waals surface area contributed by atoms with Crippen LogP contribution in [0.15, 0.2) is 0 Å². The molecular weight excluding hydrogens is 156 g/mol. The predicted molar refractivity (Wildman–Crippen MR) is 42.9 cm³/mol. The second kappa shape index (κ2) is 3.10. The van der Waals surface area contributed by atoms with Crippen molar-refractivity contribution in [2.24, 2.45) is 0 Å². The van der Waals surface area contributed by atoms with Gasteiger partial charge in [0.25, 0.3) is 0 Å². The van der Waals surface area contributed by atoms with Gasteiger partial charge in [-0.05, 0) is 7.05 Å². The van der Waals surface area contributed by atoms with Crippen molar-refractivity contribution in [3.8, 4) is 6.01 Å². The highest BCUT2D eigenvalue weighted by atomic mass is 16.5. The van der Waals surface area contributed by atoms with E-state index in [1.54, 1.807) is 0 Å². The van der Waals surface area contributed by atoms with Crippen molar-refractivity contribution in [2.75, 3.05) is 13.7 Å². The second-order valence-electron chi connectivity index (χ2n) is 2.77. The number of nitrogens with one attached hydrogen (secondary N) is 1. The molecule has 0 saturated carbocycles. The Morgan fingerprint density at radius 2 is 2.58 bits per heavy atom. The Labute approximate surface area is 70.7 Å². The van der Waals surface area contributed by atoms with Crippen LogP contribution in [0.1, 0.15) is 12.2 Å². The third-order valence-corrected chi connectivity index (χ3v) is 1.76. The van der Waals surface area contributed by atoms with Crippen LogP contribution in [-0.2, 0) is 13.1 Å². The van der Waals surface area contributed by atoms with Crippen LogP contribution in [0, 0.1) is 0 Å². The molecule has 0 aliphatic carbocycles. The van der Waals surface area contributed by atoms with Crippen LogP contribution >= 0.6 is 0 Å². The van der Waals surface area contributed by atoms with Gasteiger partial charge in [0.2, 0.25) is 0 Å². The number of ether oxygens (including phenoxy) is 1. The Morgan fingerprint density at radius 1 is 1.67 bits per heavy atom. The van der Waals surface area contributed by atoms with Crippen molar-refractivity contribution in [3.63, 3.8) is 0 Å². The number of hydrogen-bond donors (Lipinski definition) is 1. The normalized spacial score (nSPS) is 15.4. The highest BCUT2D eigenvalue weighted by Gasteiger charge is 2.13.